The van der Waals surface area contributed by atoms with Gasteiger partial charge in [0.25, 0.3) is 0 Å². The third-order valence-electron chi connectivity index (χ3n) is 3.64. The Morgan fingerprint density at radius 1 is 1.27 bits per heavy atom. The molecule has 2 rings (SSSR count). The quantitative estimate of drug-likeness (QED) is 0.848. The summed E-state index contributed by atoms with van der Waals surface area (Å²) in [5.41, 5.74) is 0.746. The first kappa shape index (κ1) is 16.8. The molecule has 1 aliphatic heterocycles. The highest BCUT2D eigenvalue weighted by Gasteiger charge is 2.27. The van der Waals surface area contributed by atoms with Gasteiger partial charge in [-0.1, -0.05) is 30.3 Å². The zero-order valence-corrected chi connectivity index (χ0v) is 13.9. The summed E-state index contributed by atoms with van der Waals surface area (Å²) in [5.74, 6) is 0.394. The molecule has 0 aliphatic carbocycles. The molecule has 1 atom stereocenters. The maximum Gasteiger partial charge on any atom is 0.410 e. The molecule has 1 aliphatic rings. The van der Waals surface area contributed by atoms with E-state index in [1.54, 1.807) is 0 Å². The number of ether oxygens (including phenoxy) is 2. The Labute approximate surface area is 133 Å². The minimum atomic E-state index is -0.437. The molecular formula is C18H27NO3. The molecule has 1 amide bonds. The molecule has 0 aromatic heterocycles. The van der Waals surface area contributed by atoms with Gasteiger partial charge in [0.1, 0.15) is 5.60 Å². The molecular weight excluding hydrogens is 278 g/mol. The predicted molar refractivity (Wildman–Crippen MR) is 86.6 cm³/mol. The number of rotatable bonds is 4. The van der Waals surface area contributed by atoms with Crippen molar-refractivity contribution < 1.29 is 14.3 Å². The molecule has 0 saturated carbocycles. The molecule has 4 heteroatoms. The number of likely N-dealkylation sites (tertiary alicyclic amines) is 1. The van der Waals surface area contributed by atoms with Crippen molar-refractivity contribution in [3.05, 3.63) is 35.9 Å². The first-order chi connectivity index (χ1) is 10.4. The summed E-state index contributed by atoms with van der Waals surface area (Å²) in [4.78, 5) is 13.9. The topological polar surface area (TPSA) is 38.8 Å². The molecule has 4 nitrogen and oxygen atoms in total. The maximum atomic E-state index is 12.1. The molecule has 122 valence electrons. The first-order valence-corrected chi connectivity index (χ1v) is 8.03. The van der Waals surface area contributed by atoms with E-state index in [0.29, 0.717) is 19.1 Å². The van der Waals surface area contributed by atoms with E-state index in [4.69, 9.17) is 9.47 Å². The lowest BCUT2D eigenvalue weighted by Crippen LogP contribution is -2.43. The van der Waals surface area contributed by atoms with Gasteiger partial charge in [0, 0.05) is 19.0 Å². The van der Waals surface area contributed by atoms with Gasteiger partial charge in [-0.2, -0.15) is 0 Å². The number of amides is 1. The van der Waals surface area contributed by atoms with Crippen LogP contribution in [0, 0.1) is 5.92 Å². The second-order valence-electron chi connectivity index (χ2n) is 6.94. The molecule has 1 fully saturated rings. The van der Waals surface area contributed by atoms with Crippen molar-refractivity contribution >= 4 is 6.09 Å². The third-order valence-corrected chi connectivity index (χ3v) is 3.64. The lowest BCUT2D eigenvalue weighted by molar-refractivity contribution is 0.00593. The zero-order valence-electron chi connectivity index (χ0n) is 13.9. The van der Waals surface area contributed by atoms with Crippen LogP contribution in [-0.2, 0) is 16.1 Å². The van der Waals surface area contributed by atoms with Gasteiger partial charge in [0.2, 0.25) is 0 Å². The van der Waals surface area contributed by atoms with Gasteiger partial charge in [-0.25, -0.2) is 4.79 Å². The largest absolute Gasteiger partial charge is 0.444 e. The predicted octanol–water partition coefficient (Wildman–Crippen LogP) is 3.85. The summed E-state index contributed by atoms with van der Waals surface area (Å²) >= 11 is 0. The number of carbonyl (C=O) groups excluding carboxylic acids is 1. The number of benzene rings is 1. The van der Waals surface area contributed by atoms with Crippen molar-refractivity contribution in [3.8, 4) is 0 Å². The molecule has 0 spiro atoms. The number of hydrogen-bond acceptors (Lipinski definition) is 3. The maximum absolute atomic E-state index is 12.1. The molecule has 1 saturated heterocycles. The highest BCUT2D eigenvalue weighted by Crippen LogP contribution is 2.20. The Morgan fingerprint density at radius 2 is 2.00 bits per heavy atom. The van der Waals surface area contributed by atoms with Crippen LogP contribution in [0.3, 0.4) is 0 Å². The second-order valence-corrected chi connectivity index (χ2v) is 6.94. The summed E-state index contributed by atoms with van der Waals surface area (Å²) in [6, 6.07) is 10.2. The second kappa shape index (κ2) is 7.63. The highest BCUT2D eigenvalue weighted by atomic mass is 16.6. The van der Waals surface area contributed by atoms with Crippen molar-refractivity contribution in [1.82, 2.24) is 4.90 Å². The van der Waals surface area contributed by atoms with Crippen molar-refractivity contribution in [2.75, 3.05) is 19.7 Å². The highest BCUT2D eigenvalue weighted by molar-refractivity contribution is 5.68. The molecule has 22 heavy (non-hydrogen) atoms. The van der Waals surface area contributed by atoms with Gasteiger partial charge in [-0.15, -0.1) is 0 Å². The lowest BCUT2D eigenvalue weighted by Gasteiger charge is -2.34. The Kier molecular flexibility index (Phi) is 5.83. The zero-order chi connectivity index (χ0) is 16.0. The SMILES string of the molecule is CC(C)(C)OC(=O)N1CCC[C@H](COCc2ccccc2)C1. The van der Waals surface area contributed by atoms with Crippen LogP contribution in [0.15, 0.2) is 30.3 Å². The molecule has 1 heterocycles. The van der Waals surface area contributed by atoms with Crippen molar-refractivity contribution in [2.45, 2.75) is 45.8 Å². The van der Waals surface area contributed by atoms with Crippen molar-refractivity contribution in [3.63, 3.8) is 0 Å². The van der Waals surface area contributed by atoms with Crippen LogP contribution in [0.25, 0.3) is 0 Å². The van der Waals surface area contributed by atoms with E-state index in [1.807, 2.05) is 43.9 Å². The van der Waals surface area contributed by atoms with Crippen LogP contribution in [0.1, 0.15) is 39.2 Å². The van der Waals surface area contributed by atoms with E-state index < -0.39 is 5.60 Å². The summed E-state index contributed by atoms with van der Waals surface area (Å²) in [5, 5.41) is 0. The van der Waals surface area contributed by atoms with Crippen molar-refractivity contribution in [2.24, 2.45) is 5.92 Å². The Hall–Kier alpha value is -1.55. The van der Waals surface area contributed by atoms with Gasteiger partial charge in [0.15, 0.2) is 0 Å². The number of nitrogens with zero attached hydrogens (tertiary/aromatic N) is 1. The standard InChI is InChI=1S/C18H27NO3/c1-18(2,3)22-17(20)19-11-7-10-16(12-19)14-21-13-15-8-5-4-6-9-15/h4-6,8-9,16H,7,10-14H2,1-3H3/t16-/m0/s1. The van der Waals surface area contributed by atoms with Crippen LogP contribution < -0.4 is 0 Å². The summed E-state index contributed by atoms with van der Waals surface area (Å²) in [6.45, 7) is 8.52. The van der Waals surface area contributed by atoms with E-state index in [2.05, 4.69) is 12.1 Å². The van der Waals surface area contributed by atoms with Crippen LogP contribution in [0.5, 0.6) is 0 Å². The minimum absolute atomic E-state index is 0.208. The fourth-order valence-corrected chi connectivity index (χ4v) is 2.61. The molecule has 1 aromatic rings. The van der Waals surface area contributed by atoms with E-state index in [0.717, 1.165) is 25.9 Å². The molecule has 0 unspecified atom stereocenters. The normalized spacial score (nSPS) is 19.0. The average Bonchev–Trinajstić information content (AvgIpc) is 2.47. The van der Waals surface area contributed by atoms with Gasteiger partial charge in [-0.3, -0.25) is 0 Å². The van der Waals surface area contributed by atoms with Crippen LogP contribution in [0.2, 0.25) is 0 Å². The number of hydrogen-bond donors (Lipinski definition) is 0. The molecule has 0 N–H and O–H groups in total. The van der Waals surface area contributed by atoms with Crippen LogP contribution in [0.4, 0.5) is 4.79 Å². The van der Waals surface area contributed by atoms with Crippen LogP contribution >= 0.6 is 0 Å². The van der Waals surface area contributed by atoms with Gasteiger partial charge >= 0.3 is 6.09 Å². The average molecular weight is 305 g/mol. The van der Waals surface area contributed by atoms with Gasteiger partial charge < -0.3 is 14.4 Å². The minimum Gasteiger partial charge on any atom is -0.444 e. The fraction of sp³-hybridized carbons (Fsp3) is 0.611. The van der Waals surface area contributed by atoms with Crippen molar-refractivity contribution in [1.29, 1.82) is 0 Å². The number of carbonyl (C=O) groups is 1. The smallest absolute Gasteiger partial charge is 0.410 e. The summed E-state index contributed by atoms with van der Waals surface area (Å²) < 4.78 is 11.3. The van der Waals surface area contributed by atoms with E-state index >= 15 is 0 Å². The van der Waals surface area contributed by atoms with Crippen LogP contribution in [-0.4, -0.2) is 36.3 Å². The molecule has 1 aromatic carbocycles. The molecule has 0 radical (unpaired) electrons. The Morgan fingerprint density at radius 3 is 2.68 bits per heavy atom. The Bertz CT molecular complexity index is 467. The summed E-state index contributed by atoms with van der Waals surface area (Å²) in [7, 11) is 0. The Balaban J connectivity index is 1.75. The van der Waals surface area contributed by atoms with Gasteiger partial charge in [0.05, 0.1) is 13.2 Å². The molecule has 0 bridgehead atoms. The van der Waals surface area contributed by atoms with E-state index in [9.17, 15) is 4.79 Å². The third kappa shape index (κ3) is 5.68. The number of piperidine rings is 1. The van der Waals surface area contributed by atoms with E-state index in [-0.39, 0.29) is 6.09 Å². The lowest BCUT2D eigenvalue weighted by atomic mass is 9.99. The monoisotopic (exact) mass is 305 g/mol. The van der Waals surface area contributed by atoms with Gasteiger partial charge in [-0.05, 0) is 39.2 Å². The fourth-order valence-electron chi connectivity index (χ4n) is 2.61. The van der Waals surface area contributed by atoms with E-state index in [1.165, 1.54) is 5.56 Å². The first-order valence-electron chi connectivity index (χ1n) is 8.03. The summed E-state index contributed by atoms with van der Waals surface area (Å²) in [6.07, 6.45) is 1.91.